The number of aliphatic hydroxyl groups excluding tert-OH is 2. The van der Waals surface area contributed by atoms with Gasteiger partial charge in [0, 0.05) is 12.0 Å². The molecule has 172 valence electrons. The number of esters is 1. The molecule has 0 fully saturated rings. The van der Waals surface area contributed by atoms with Crippen LogP contribution in [0.4, 0.5) is 0 Å². The highest BCUT2D eigenvalue weighted by Gasteiger charge is 2.23. The third kappa shape index (κ3) is 6.63. The third-order valence-electron chi connectivity index (χ3n) is 4.54. The second-order valence-corrected chi connectivity index (χ2v) is 8.16. The van der Waals surface area contributed by atoms with E-state index in [1.807, 2.05) is 57.2 Å². The molecule has 0 unspecified atom stereocenters. The van der Waals surface area contributed by atoms with E-state index in [1.54, 1.807) is 6.08 Å². The van der Waals surface area contributed by atoms with Crippen molar-refractivity contribution in [2.45, 2.75) is 39.0 Å². The Kier molecular flexibility index (Phi) is 8.92. The van der Waals surface area contributed by atoms with E-state index in [0.717, 1.165) is 22.2 Å². The topological polar surface area (TPSA) is 118 Å². The first-order valence-electron chi connectivity index (χ1n) is 10.4. The number of hydrogen-bond acceptors (Lipinski definition) is 7. The number of aliphatic hydroxyl groups is 2. The number of rotatable bonds is 7. The molecule has 0 saturated heterocycles. The summed E-state index contributed by atoms with van der Waals surface area (Å²) in [7, 11) is 0. The Labute approximate surface area is 187 Å². The van der Waals surface area contributed by atoms with Crippen molar-refractivity contribution in [1.29, 1.82) is 0 Å². The number of aromatic nitrogens is 3. The fourth-order valence-electron chi connectivity index (χ4n) is 2.98. The lowest BCUT2D eigenvalue weighted by molar-refractivity contribution is -0.142. The van der Waals surface area contributed by atoms with Crippen molar-refractivity contribution in [2.24, 2.45) is 0 Å². The first-order valence-corrected chi connectivity index (χ1v) is 10.4. The van der Waals surface area contributed by atoms with Gasteiger partial charge in [0.15, 0.2) is 0 Å². The van der Waals surface area contributed by atoms with Crippen molar-refractivity contribution in [3.05, 3.63) is 60.2 Å². The molecule has 0 radical (unpaired) electrons. The quantitative estimate of drug-likeness (QED) is 0.381. The normalized spacial score (nSPS) is 11.0. The number of benzene rings is 2. The fourth-order valence-corrected chi connectivity index (χ4v) is 2.98. The van der Waals surface area contributed by atoms with Crippen LogP contribution in [0.1, 0.15) is 38.3 Å². The molecule has 2 aromatic carbocycles. The minimum Gasteiger partial charge on any atom is -0.505 e. The molecule has 0 amide bonds. The number of ether oxygens (including phenoxy) is 1. The van der Waals surface area contributed by atoms with Crippen molar-refractivity contribution < 1.29 is 24.9 Å². The zero-order chi connectivity index (χ0) is 23.7. The van der Waals surface area contributed by atoms with Crippen LogP contribution in [0.5, 0.6) is 5.75 Å². The number of hydrogen-bond donors (Lipinski definition) is 3. The van der Waals surface area contributed by atoms with E-state index in [4.69, 9.17) is 14.9 Å². The maximum Gasteiger partial charge on any atom is 0.306 e. The van der Waals surface area contributed by atoms with Crippen LogP contribution >= 0.6 is 0 Å². The molecule has 8 heteroatoms. The maximum absolute atomic E-state index is 11.8. The van der Waals surface area contributed by atoms with E-state index in [1.165, 1.54) is 4.80 Å². The lowest BCUT2D eigenvalue weighted by atomic mass is 9.84. The molecule has 8 nitrogen and oxygen atoms in total. The Morgan fingerprint density at radius 2 is 1.72 bits per heavy atom. The number of fused-ring (bicyclic) bond motifs is 1. The summed E-state index contributed by atoms with van der Waals surface area (Å²) in [4.78, 5) is 13.3. The van der Waals surface area contributed by atoms with E-state index in [-0.39, 0.29) is 43.4 Å². The van der Waals surface area contributed by atoms with Gasteiger partial charge in [-0.05, 0) is 35.6 Å². The van der Waals surface area contributed by atoms with Gasteiger partial charge in [0.25, 0.3) is 0 Å². The Hall–Kier alpha value is -3.23. The van der Waals surface area contributed by atoms with Crippen molar-refractivity contribution in [2.75, 3.05) is 19.8 Å². The lowest BCUT2D eigenvalue weighted by Gasteiger charge is -2.23. The highest BCUT2D eigenvalue weighted by atomic mass is 16.5. The van der Waals surface area contributed by atoms with E-state index < -0.39 is 0 Å². The smallest absolute Gasteiger partial charge is 0.306 e. The molecule has 1 aromatic heterocycles. The average molecular weight is 442 g/mol. The van der Waals surface area contributed by atoms with Gasteiger partial charge in [-0.25, -0.2) is 0 Å². The molecule has 32 heavy (non-hydrogen) atoms. The summed E-state index contributed by atoms with van der Waals surface area (Å²) in [6.07, 6.45) is 2.28. The minimum absolute atomic E-state index is 0.125. The fraction of sp³-hybridized carbons (Fsp3) is 0.375. The monoisotopic (exact) mass is 441 g/mol. The number of nitrogens with zero attached hydrogens (tertiary/aromatic N) is 3. The average Bonchev–Trinajstić information content (AvgIpc) is 3.20. The maximum atomic E-state index is 11.8. The Bertz CT molecular complexity index is 1020. The summed E-state index contributed by atoms with van der Waals surface area (Å²) >= 11 is 0. The van der Waals surface area contributed by atoms with E-state index in [9.17, 15) is 9.90 Å². The van der Waals surface area contributed by atoms with Gasteiger partial charge in [-0.3, -0.25) is 4.79 Å². The van der Waals surface area contributed by atoms with Crippen molar-refractivity contribution in [3.63, 3.8) is 0 Å². The summed E-state index contributed by atoms with van der Waals surface area (Å²) in [5.74, 6) is -0.138. The van der Waals surface area contributed by atoms with Gasteiger partial charge >= 0.3 is 5.97 Å². The van der Waals surface area contributed by atoms with Crippen molar-refractivity contribution >= 4 is 17.0 Å². The number of phenols is 1. The highest BCUT2D eigenvalue weighted by molar-refractivity contribution is 5.74. The van der Waals surface area contributed by atoms with E-state index in [0.29, 0.717) is 12.1 Å². The molecule has 0 aliphatic rings. The predicted octanol–water partition coefficient (Wildman–Crippen LogP) is 3.06. The number of phenolic OH excluding ortho intramolecular Hbond substituents is 1. The zero-order valence-electron chi connectivity index (χ0n) is 18.8. The largest absolute Gasteiger partial charge is 0.505 e. The van der Waals surface area contributed by atoms with Crippen molar-refractivity contribution in [1.82, 2.24) is 15.0 Å². The Morgan fingerprint density at radius 3 is 2.22 bits per heavy atom. The molecular weight excluding hydrogens is 410 g/mol. The number of aromatic hydroxyl groups is 1. The summed E-state index contributed by atoms with van der Waals surface area (Å²) < 4.78 is 5.05. The first-order chi connectivity index (χ1) is 15.2. The molecule has 1 heterocycles. The van der Waals surface area contributed by atoms with Gasteiger partial charge in [-0.2, -0.15) is 0 Å². The molecule has 0 aliphatic carbocycles. The highest BCUT2D eigenvalue weighted by Crippen LogP contribution is 2.36. The SMILES string of the molecule is C=CCOC(=O)CCc1cc(-n2nc3ccccc3n2)c(O)c(C(C)(C)C)c1.OCCO. The van der Waals surface area contributed by atoms with Crippen LogP contribution in [0.25, 0.3) is 16.7 Å². The van der Waals surface area contributed by atoms with Gasteiger partial charge in [0.1, 0.15) is 29.1 Å². The van der Waals surface area contributed by atoms with E-state index in [2.05, 4.69) is 16.8 Å². The lowest BCUT2D eigenvalue weighted by Crippen LogP contribution is -2.14. The Morgan fingerprint density at radius 1 is 1.12 bits per heavy atom. The number of aryl methyl sites for hydroxylation is 1. The molecular formula is C24H31N3O5. The van der Waals surface area contributed by atoms with Crippen LogP contribution in [0, 0.1) is 0 Å². The van der Waals surface area contributed by atoms with Gasteiger partial charge in [0.2, 0.25) is 0 Å². The Balaban J connectivity index is 0.000000837. The predicted molar refractivity (Wildman–Crippen MR) is 123 cm³/mol. The van der Waals surface area contributed by atoms with Crippen LogP contribution in [0.3, 0.4) is 0 Å². The number of carbonyl (C=O) groups is 1. The molecule has 0 bridgehead atoms. The van der Waals surface area contributed by atoms with Crippen LogP contribution in [0.15, 0.2) is 49.1 Å². The molecule has 3 aromatic rings. The molecule has 0 saturated carbocycles. The summed E-state index contributed by atoms with van der Waals surface area (Å²) in [5.41, 5.74) is 3.40. The summed E-state index contributed by atoms with van der Waals surface area (Å²) in [6.45, 7) is 9.58. The molecule has 0 aliphatic heterocycles. The summed E-state index contributed by atoms with van der Waals surface area (Å²) in [6, 6.07) is 11.3. The zero-order valence-corrected chi connectivity index (χ0v) is 18.8. The van der Waals surface area contributed by atoms with Crippen LogP contribution in [-0.2, 0) is 21.4 Å². The molecule has 3 rings (SSSR count). The number of carbonyl (C=O) groups excluding carboxylic acids is 1. The third-order valence-corrected chi connectivity index (χ3v) is 4.54. The van der Waals surface area contributed by atoms with Gasteiger partial charge in [-0.15, -0.1) is 15.0 Å². The second-order valence-electron chi connectivity index (χ2n) is 8.16. The van der Waals surface area contributed by atoms with Gasteiger partial charge in [-0.1, -0.05) is 51.6 Å². The second kappa shape index (κ2) is 11.4. The van der Waals surface area contributed by atoms with E-state index >= 15 is 0 Å². The van der Waals surface area contributed by atoms with Gasteiger partial charge < -0.3 is 20.1 Å². The summed E-state index contributed by atoms with van der Waals surface area (Å²) in [5, 5.41) is 35.1. The van der Waals surface area contributed by atoms with Crippen LogP contribution in [-0.4, -0.2) is 56.1 Å². The standard InChI is InChI=1S/C22H25N3O3.C2H6O2/c1-5-12-28-20(26)11-10-15-13-16(22(2,3)4)21(27)19(14-15)25-23-17-8-6-7-9-18(17)24-25;3-1-2-4/h5-9,13-14,27H,1,10-12H2,2-4H3;3-4H,1-2H2. The van der Waals surface area contributed by atoms with Crippen LogP contribution in [0.2, 0.25) is 0 Å². The van der Waals surface area contributed by atoms with Gasteiger partial charge in [0.05, 0.1) is 13.2 Å². The molecule has 0 atom stereocenters. The first kappa shape index (κ1) is 25.0. The van der Waals surface area contributed by atoms with Crippen LogP contribution < -0.4 is 0 Å². The van der Waals surface area contributed by atoms with Crippen molar-refractivity contribution in [3.8, 4) is 11.4 Å². The molecule has 0 spiro atoms. The molecule has 3 N–H and O–H groups in total. The minimum atomic E-state index is -0.287.